The number of hydrogen-bond donors (Lipinski definition) is 3. The molecule has 2 aromatic rings. The first-order valence-corrected chi connectivity index (χ1v) is 11.9. The molecule has 178 valence electrons. The standard InChI is InChI=1S/C26H29N3O5/c30-24(28-16-13-17-9-10-18(14-16)29(17)26(32)33)11-12-27-25(31)34-15-23-21-7-3-1-5-19(21)20-6-2-4-8-22(20)23/h1-8,16-18,23H,9-15H2,(H,27,31)(H,28,30)(H,32,33)/t16-,17+,18-. The zero-order chi connectivity index (χ0) is 23.7. The van der Waals surface area contributed by atoms with E-state index in [-0.39, 0.29) is 49.5 Å². The van der Waals surface area contributed by atoms with Crippen LogP contribution in [0.15, 0.2) is 48.5 Å². The maximum atomic E-state index is 12.4. The Labute approximate surface area is 198 Å². The minimum Gasteiger partial charge on any atom is -0.465 e. The van der Waals surface area contributed by atoms with Gasteiger partial charge in [0.1, 0.15) is 6.61 Å². The van der Waals surface area contributed by atoms with Crippen LogP contribution in [0.5, 0.6) is 0 Å². The normalized spacial score (nSPS) is 22.6. The minimum absolute atomic E-state index is 0.00603. The molecule has 5 rings (SSSR count). The fourth-order valence-corrected chi connectivity index (χ4v) is 5.83. The van der Waals surface area contributed by atoms with E-state index in [2.05, 4.69) is 34.9 Å². The second-order valence-corrected chi connectivity index (χ2v) is 9.31. The lowest BCUT2D eigenvalue weighted by Gasteiger charge is -2.37. The number of carboxylic acid groups (broad SMARTS) is 1. The Hall–Kier alpha value is -3.55. The van der Waals surface area contributed by atoms with E-state index in [1.807, 2.05) is 24.3 Å². The van der Waals surface area contributed by atoms with Gasteiger partial charge in [-0.15, -0.1) is 0 Å². The van der Waals surface area contributed by atoms with Crippen molar-refractivity contribution >= 4 is 18.1 Å². The van der Waals surface area contributed by atoms with Crippen LogP contribution in [0.25, 0.3) is 11.1 Å². The topological polar surface area (TPSA) is 108 Å². The van der Waals surface area contributed by atoms with Crippen LogP contribution >= 0.6 is 0 Å². The van der Waals surface area contributed by atoms with Crippen LogP contribution in [0.2, 0.25) is 0 Å². The number of amides is 3. The van der Waals surface area contributed by atoms with Crippen LogP contribution in [0.4, 0.5) is 9.59 Å². The second kappa shape index (κ2) is 9.37. The van der Waals surface area contributed by atoms with Crippen molar-refractivity contribution in [2.75, 3.05) is 13.2 Å². The summed E-state index contributed by atoms with van der Waals surface area (Å²) in [5, 5.41) is 15.0. The van der Waals surface area contributed by atoms with Gasteiger partial charge in [-0.2, -0.15) is 0 Å². The molecule has 3 N–H and O–H groups in total. The molecule has 2 aliphatic heterocycles. The van der Waals surface area contributed by atoms with Crippen LogP contribution in [-0.2, 0) is 9.53 Å². The molecule has 1 aliphatic carbocycles. The summed E-state index contributed by atoms with van der Waals surface area (Å²) in [5.41, 5.74) is 4.65. The summed E-state index contributed by atoms with van der Waals surface area (Å²) in [6, 6.07) is 16.3. The summed E-state index contributed by atoms with van der Waals surface area (Å²) in [7, 11) is 0. The molecule has 34 heavy (non-hydrogen) atoms. The summed E-state index contributed by atoms with van der Waals surface area (Å²) in [4.78, 5) is 37.6. The molecule has 2 fully saturated rings. The summed E-state index contributed by atoms with van der Waals surface area (Å²) >= 11 is 0. The number of fused-ring (bicyclic) bond motifs is 5. The zero-order valence-corrected chi connectivity index (χ0v) is 18.9. The summed E-state index contributed by atoms with van der Waals surface area (Å²) in [5.74, 6) is -0.152. The molecule has 3 amide bonds. The maximum absolute atomic E-state index is 12.4. The van der Waals surface area contributed by atoms with Crippen molar-refractivity contribution in [3.05, 3.63) is 59.7 Å². The molecular formula is C26H29N3O5. The highest BCUT2D eigenvalue weighted by atomic mass is 16.5. The fraction of sp³-hybridized carbons (Fsp3) is 0.423. The third kappa shape index (κ3) is 4.32. The van der Waals surface area contributed by atoms with E-state index in [1.54, 1.807) is 4.90 Å². The smallest absolute Gasteiger partial charge is 0.407 e. The van der Waals surface area contributed by atoms with E-state index in [1.165, 1.54) is 11.1 Å². The van der Waals surface area contributed by atoms with Gasteiger partial charge in [0.15, 0.2) is 0 Å². The van der Waals surface area contributed by atoms with E-state index in [9.17, 15) is 19.5 Å². The van der Waals surface area contributed by atoms with E-state index < -0.39 is 12.2 Å². The number of alkyl carbamates (subject to hydrolysis) is 1. The van der Waals surface area contributed by atoms with Crippen molar-refractivity contribution in [1.29, 1.82) is 0 Å². The number of carbonyl (C=O) groups excluding carboxylic acids is 2. The van der Waals surface area contributed by atoms with Gasteiger partial charge < -0.3 is 25.4 Å². The molecule has 8 heteroatoms. The summed E-state index contributed by atoms with van der Waals surface area (Å²) in [6.07, 6.45) is 1.74. The first kappa shape index (κ1) is 22.3. The number of carbonyl (C=O) groups is 3. The lowest BCUT2D eigenvalue weighted by molar-refractivity contribution is -0.122. The molecule has 3 aliphatic rings. The summed E-state index contributed by atoms with van der Waals surface area (Å²) in [6.45, 7) is 0.417. The monoisotopic (exact) mass is 463 g/mol. The average molecular weight is 464 g/mol. The van der Waals surface area contributed by atoms with E-state index in [0.717, 1.165) is 24.0 Å². The molecule has 2 bridgehead atoms. The lowest BCUT2D eigenvalue weighted by Crippen LogP contribution is -2.52. The first-order valence-electron chi connectivity index (χ1n) is 11.9. The number of nitrogens with one attached hydrogen (secondary N) is 2. The molecule has 0 aromatic heterocycles. The van der Waals surface area contributed by atoms with Gasteiger partial charge in [0, 0.05) is 37.0 Å². The SMILES string of the molecule is O=C(CCNC(=O)OCC1c2ccccc2-c2ccccc21)N[C@H]1C[C@H]2CC[C@@H](C1)N2C(=O)O. The Morgan fingerprint density at radius 1 is 0.941 bits per heavy atom. The third-order valence-corrected chi connectivity index (χ3v) is 7.28. The Morgan fingerprint density at radius 2 is 1.53 bits per heavy atom. The van der Waals surface area contributed by atoms with E-state index in [4.69, 9.17) is 4.74 Å². The number of hydrogen-bond acceptors (Lipinski definition) is 4. The van der Waals surface area contributed by atoms with Crippen molar-refractivity contribution in [1.82, 2.24) is 15.5 Å². The number of rotatable bonds is 6. The van der Waals surface area contributed by atoms with E-state index >= 15 is 0 Å². The fourth-order valence-electron chi connectivity index (χ4n) is 5.83. The quantitative estimate of drug-likeness (QED) is 0.605. The van der Waals surface area contributed by atoms with Gasteiger partial charge >= 0.3 is 12.2 Å². The Kier molecular flexibility index (Phi) is 6.13. The van der Waals surface area contributed by atoms with Gasteiger partial charge in [-0.05, 0) is 47.9 Å². The number of nitrogens with zero attached hydrogens (tertiary/aromatic N) is 1. The minimum atomic E-state index is -0.871. The Morgan fingerprint density at radius 3 is 2.12 bits per heavy atom. The van der Waals surface area contributed by atoms with Crippen molar-refractivity contribution in [2.45, 2.75) is 56.1 Å². The second-order valence-electron chi connectivity index (χ2n) is 9.31. The number of ether oxygens (including phenoxy) is 1. The Bertz CT molecular complexity index is 1040. The highest BCUT2D eigenvalue weighted by Gasteiger charge is 2.43. The molecular weight excluding hydrogens is 434 g/mol. The molecule has 0 unspecified atom stereocenters. The van der Waals surface area contributed by atoms with Crippen LogP contribution in [0, 0.1) is 0 Å². The van der Waals surface area contributed by atoms with Crippen molar-refractivity contribution in [2.24, 2.45) is 0 Å². The molecule has 2 aromatic carbocycles. The summed E-state index contributed by atoms with van der Waals surface area (Å²) < 4.78 is 5.50. The van der Waals surface area contributed by atoms with Crippen LogP contribution in [0.1, 0.15) is 49.1 Å². The van der Waals surface area contributed by atoms with E-state index in [0.29, 0.717) is 12.8 Å². The lowest BCUT2D eigenvalue weighted by atomic mass is 9.97. The average Bonchev–Trinajstić information content (AvgIpc) is 3.29. The number of benzene rings is 2. The molecule has 3 atom stereocenters. The first-order chi connectivity index (χ1) is 16.5. The molecule has 2 heterocycles. The molecule has 0 saturated carbocycles. The van der Waals surface area contributed by atoms with Crippen LogP contribution in [-0.4, -0.2) is 59.4 Å². The number of piperidine rings is 1. The van der Waals surface area contributed by atoms with Gasteiger partial charge in [-0.3, -0.25) is 4.79 Å². The highest BCUT2D eigenvalue weighted by Crippen LogP contribution is 2.44. The van der Waals surface area contributed by atoms with Gasteiger partial charge in [-0.1, -0.05) is 48.5 Å². The Balaban J connectivity index is 1.06. The predicted octanol–water partition coefficient (Wildman–Crippen LogP) is 3.70. The van der Waals surface area contributed by atoms with Gasteiger partial charge in [-0.25, -0.2) is 9.59 Å². The predicted molar refractivity (Wildman–Crippen MR) is 126 cm³/mol. The van der Waals surface area contributed by atoms with Gasteiger partial charge in [0.25, 0.3) is 0 Å². The van der Waals surface area contributed by atoms with Gasteiger partial charge in [0.05, 0.1) is 0 Å². The largest absolute Gasteiger partial charge is 0.465 e. The third-order valence-electron chi connectivity index (χ3n) is 7.28. The van der Waals surface area contributed by atoms with Crippen molar-refractivity contribution in [3.8, 4) is 11.1 Å². The molecule has 2 saturated heterocycles. The highest BCUT2D eigenvalue weighted by molar-refractivity contribution is 5.79. The van der Waals surface area contributed by atoms with Crippen molar-refractivity contribution < 1.29 is 24.2 Å². The molecule has 0 spiro atoms. The maximum Gasteiger partial charge on any atom is 0.407 e. The van der Waals surface area contributed by atoms with Crippen molar-refractivity contribution in [3.63, 3.8) is 0 Å². The van der Waals surface area contributed by atoms with Crippen LogP contribution in [0.3, 0.4) is 0 Å². The van der Waals surface area contributed by atoms with Crippen LogP contribution < -0.4 is 10.6 Å². The zero-order valence-electron chi connectivity index (χ0n) is 18.9. The van der Waals surface area contributed by atoms with Gasteiger partial charge in [0.2, 0.25) is 5.91 Å². The molecule has 8 nitrogen and oxygen atoms in total. The molecule has 0 radical (unpaired) electrons.